The molecule has 0 saturated carbocycles. The van der Waals surface area contributed by atoms with Gasteiger partial charge in [0.15, 0.2) is 0 Å². The van der Waals surface area contributed by atoms with Crippen molar-refractivity contribution in [2.24, 2.45) is 11.7 Å². The predicted molar refractivity (Wildman–Crippen MR) is 63.8 cm³/mol. The van der Waals surface area contributed by atoms with Gasteiger partial charge in [-0.1, -0.05) is 13.3 Å². The molecule has 2 unspecified atom stereocenters. The number of nitrogens with zero attached hydrogens (tertiary/aromatic N) is 1. The van der Waals surface area contributed by atoms with E-state index in [9.17, 15) is 5.11 Å². The summed E-state index contributed by atoms with van der Waals surface area (Å²) in [7, 11) is 0. The number of nitrogens with two attached hydrogens (primary N) is 1. The minimum atomic E-state index is -0.681. The van der Waals surface area contributed by atoms with Gasteiger partial charge in [-0.05, 0) is 38.6 Å². The molecule has 3 N–H and O–H groups in total. The van der Waals surface area contributed by atoms with Gasteiger partial charge in [-0.15, -0.1) is 0 Å². The molecule has 0 amide bonds. The molecule has 1 heterocycles. The third-order valence-electron chi connectivity index (χ3n) is 3.59. The quantitative estimate of drug-likeness (QED) is 0.723. The number of rotatable bonds is 5. The first-order chi connectivity index (χ1) is 7.07. The van der Waals surface area contributed by atoms with Crippen LogP contribution in [0.2, 0.25) is 0 Å². The zero-order valence-electron chi connectivity index (χ0n) is 10.2. The predicted octanol–water partition coefficient (Wildman–Crippen LogP) is 1.21. The van der Waals surface area contributed by atoms with E-state index in [0.717, 1.165) is 18.9 Å². The normalized spacial score (nSPS) is 27.6. The van der Waals surface area contributed by atoms with E-state index in [1.54, 1.807) is 0 Å². The number of hydrogen-bond acceptors (Lipinski definition) is 3. The van der Waals surface area contributed by atoms with Crippen molar-refractivity contribution in [3.05, 3.63) is 0 Å². The SMILES string of the molecule is CCC1CCCN(CCC(C)(O)CN)C1. The Kier molecular flexibility index (Phi) is 5.03. The summed E-state index contributed by atoms with van der Waals surface area (Å²) in [5.41, 5.74) is 4.83. The van der Waals surface area contributed by atoms with Crippen molar-refractivity contribution in [3.63, 3.8) is 0 Å². The highest BCUT2D eigenvalue weighted by atomic mass is 16.3. The van der Waals surface area contributed by atoms with E-state index in [1.165, 1.54) is 32.4 Å². The number of likely N-dealkylation sites (tertiary alicyclic amines) is 1. The lowest BCUT2D eigenvalue weighted by Gasteiger charge is -2.34. The summed E-state index contributed by atoms with van der Waals surface area (Å²) in [6.07, 6.45) is 4.76. The van der Waals surface area contributed by atoms with Crippen LogP contribution in [-0.2, 0) is 0 Å². The van der Waals surface area contributed by atoms with Crippen LogP contribution in [0.3, 0.4) is 0 Å². The van der Waals surface area contributed by atoms with E-state index in [4.69, 9.17) is 5.73 Å². The average Bonchev–Trinajstić information content (AvgIpc) is 2.27. The zero-order chi connectivity index (χ0) is 11.3. The van der Waals surface area contributed by atoms with Gasteiger partial charge < -0.3 is 15.7 Å². The third kappa shape index (κ3) is 4.49. The summed E-state index contributed by atoms with van der Waals surface area (Å²) in [4.78, 5) is 2.47. The Bertz CT molecular complexity index is 182. The maximum atomic E-state index is 9.83. The first-order valence-electron chi connectivity index (χ1n) is 6.22. The van der Waals surface area contributed by atoms with E-state index in [-0.39, 0.29) is 0 Å². The van der Waals surface area contributed by atoms with Crippen molar-refractivity contribution >= 4 is 0 Å². The molecule has 15 heavy (non-hydrogen) atoms. The standard InChI is InChI=1S/C12H26N2O/c1-3-11-5-4-7-14(9-11)8-6-12(2,15)10-13/h11,15H,3-10,13H2,1-2H3. The van der Waals surface area contributed by atoms with E-state index in [1.807, 2.05) is 6.92 Å². The lowest BCUT2D eigenvalue weighted by atomic mass is 9.94. The highest BCUT2D eigenvalue weighted by Gasteiger charge is 2.22. The molecule has 1 rings (SSSR count). The van der Waals surface area contributed by atoms with E-state index >= 15 is 0 Å². The van der Waals surface area contributed by atoms with Crippen molar-refractivity contribution in [2.75, 3.05) is 26.2 Å². The topological polar surface area (TPSA) is 49.5 Å². The van der Waals surface area contributed by atoms with Crippen LogP contribution in [0, 0.1) is 5.92 Å². The molecule has 3 nitrogen and oxygen atoms in total. The second-order valence-corrected chi connectivity index (χ2v) is 5.17. The summed E-state index contributed by atoms with van der Waals surface area (Å²) < 4.78 is 0. The number of aliphatic hydroxyl groups is 1. The van der Waals surface area contributed by atoms with Gasteiger partial charge in [0, 0.05) is 19.6 Å². The van der Waals surface area contributed by atoms with Crippen molar-refractivity contribution in [1.82, 2.24) is 4.90 Å². The van der Waals surface area contributed by atoms with E-state index in [0.29, 0.717) is 6.54 Å². The molecule has 1 aliphatic rings. The molecule has 1 aliphatic heterocycles. The molecule has 0 aromatic carbocycles. The zero-order valence-corrected chi connectivity index (χ0v) is 10.2. The van der Waals surface area contributed by atoms with Gasteiger partial charge in [0.1, 0.15) is 0 Å². The highest BCUT2D eigenvalue weighted by molar-refractivity contribution is 4.78. The van der Waals surface area contributed by atoms with Gasteiger partial charge in [-0.2, -0.15) is 0 Å². The molecule has 0 aromatic rings. The van der Waals surface area contributed by atoms with Crippen molar-refractivity contribution in [3.8, 4) is 0 Å². The third-order valence-corrected chi connectivity index (χ3v) is 3.59. The number of hydrogen-bond donors (Lipinski definition) is 2. The summed E-state index contributed by atoms with van der Waals surface area (Å²) in [6, 6.07) is 0. The molecule has 1 saturated heterocycles. The van der Waals surface area contributed by atoms with Crippen LogP contribution >= 0.6 is 0 Å². The van der Waals surface area contributed by atoms with Crippen LogP contribution in [-0.4, -0.2) is 41.8 Å². The Morgan fingerprint density at radius 2 is 2.27 bits per heavy atom. The summed E-state index contributed by atoms with van der Waals surface area (Å²) in [5, 5.41) is 9.83. The van der Waals surface area contributed by atoms with Crippen LogP contribution in [0.25, 0.3) is 0 Å². The molecule has 2 atom stereocenters. The second kappa shape index (κ2) is 5.83. The Hall–Kier alpha value is -0.120. The lowest BCUT2D eigenvalue weighted by Crippen LogP contribution is -2.41. The molecule has 0 aromatic heterocycles. The largest absolute Gasteiger partial charge is 0.389 e. The Morgan fingerprint density at radius 3 is 2.87 bits per heavy atom. The van der Waals surface area contributed by atoms with Gasteiger partial charge in [0.2, 0.25) is 0 Å². The minimum Gasteiger partial charge on any atom is -0.389 e. The Morgan fingerprint density at radius 1 is 1.53 bits per heavy atom. The molecule has 90 valence electrons. The monoisotopic (exact) mass is 214 g/mol. The van der Waals surface area contributed by atoms with Crippen LogP contribution in [0.4, 0.5) is 0 Å². The van der Waals surface area contributed by atoms with Crippen LogP contribution in [0.15, 0.2) is 0 Å². The van der Waals surface area contributed by atoms with Crippen LogP contribution in [0.5, 0.6) is 0 Å². The van der Waals surface area contributed by atoms with E-state index in [2.05, 4.69) is 11.8 Å². The number of piperidine rings is 1. The molecule has 0 spiro atoms. The van der Waals surface area contributed by atoms with Gasteiger partial charge >= 0.3 is 0 Å². The maximum Gasteiger partial charge on any atom is 0.0753 e. The van der Waals surface area contributed by atoms with Crippen LogP contribution in [0.1, 0.15) is 39.5 Å². The first-order valence-corrected chi connectivity index (χ1v) is 6.22. The molecule has 0 bridgehead atoms. The molecule has 0 radical (unpaired) electrons. The summed E-state index contributed by atoms with van der Waals surface area (Å²) in [5.74, 6) is 0.863. The molecular weight excluding hydrogens is 188 g/mol. The summed E-state index contributed by atoms with van der Waals surface area (Å²) >= 11 is 0. The van der Waals surface area contributed by atoms with Crippen LogP contribution < -0.4 is 5.73 Å². The second-order valence-electron chi connectivity index (χ2n) is 5.17. The summed E-state index contributed by atoms with van der Waals surface area (Å²) in [6.45, 7) is 7.84. The molecule has 0 aliphatic carbocycles. The van der Waals surface area contributed by atoms with Gasteiger partial charge in [0.05, 0.1) is 5.60 Å². The molecule has 3 heteroatoms. The lowest BCUT2D eigenvalue weighted by molar-refractivity contribution is 0.0413. The van der Waals surface area contributed by atoms with Gasteiger partial charge in [0.25, 0.3) is 0 Å². The van der Waals surface area contributed by atoms with Gasteiger partial charge in [-0.3, -0.25) is 0 Å². The average molecular weight is 214 g/mol. The van der Waals surface area contributed by atoms with Crippen molar-refractivity contribution < 1.29 is 5.11 Å². The smallest absolute Gasteiger partial charge is 0.0753 e. The fraction of sp³-hybridized carbons (Fsp3) is 1.00. The van der Waals surface area contributed by atoms with E-state index < -0.39 is 5.60 Å². The highest BCUT2D eigenvalue weighted by Crippen LogP contribution is 2.20. The fourth-order valence-electron chi connectivity index (χ4n) is 2.19. The minimum absolute atomic E-state index is 0.359. The van der Waals surface area contributed by atoms with Gasteiger partial charge in [-0.25, -0.2) is 0 Å². The Balaban J connectivity index is 2.26. The van der Waals surface area contributed by atoms with Crippen molar-refractivity contribution in [2.45, 2.75) is 45.1 Å². The van der Waals surface area contributed by atoms with Crippen molar-refractivity contribution in [1.29, 1.82) is 0 Å². The maximum absolute atomic E-state index is 9.83. The fourth-order valence-corrected chi connectivity index (χ4v) is 2.19. The Labute approximate surface area is 93.6 Å². The molecule has 1 fully saturated rings. The first kappa shape index (κ1) is 12.9. The molecular formula is C12H26N2O.